The van der Waals surface area contributed by atoms with Gasteiger partial charge in [0.1, 0.15) is 0 Å². The number of likely N-dealkylation sites (N-methyl/N-ethyl adjacent to an activating group) is 2. The van der Waals surface area contributed by atoms with Gasteiger partial charge in [0.15, 0.2) is 0 Å². The van der Waals surface area contributed by atoms with Crippen LogP contribution in [0, 0.1) is 23.2 Å². The Morgan fingerprint density at radius 1 is 1.33 bits per heavy atom. The minimum Gasteiger partial charge on any atom is -0.348 e. The molecule has 0 aromatic rings. The normalized spacial score (nSPS) is 27.9. The van der Waals surface area contributed by atoms with Gasteiger partial charge < -0.3 is 4.90 Å². The molecule has 3 atom stereocenters. The smallest absolute Gasteiger partial charge is 0.236 e. The summed E-state index contributed by atoms with van der Waals surface area (Å²) in [5.41, 5.74) is 0. The van der Waals surface area contributed by atoms with Crippen LogP contribution in [0.2, 0.25) is 0 Å². The van der Waals surface area contributed by atoms with Crippen LogP contribution in [0.4, 0.5) is 0 Å². The summed E-state index contributed by atoms with van der Waals surface area (Å²) in [6.45, 7) is 2.62. The van der Waals surface area contributed by atoms with Crippen LogP contribution in [0.1, 0.15) is 32.6 Å². The maximum absolute atomic E-state index is 11.7. The molecule has 1 amide bonds. The molecule has 0 aromatic carbocycles. The Morgan fingerprint density at radius 2 is 2.00 bits per heavy atom. The molecule has 1 fully saturated rings. The zero-order valence-corrected chi connectivity index (χ0v) is 12.0. The van der Waals surface area contributed by atoms with Crippen LogP contribution in [0.5, 0.6) is 0 Å². The van der Waals surface area contributed by atoms with Gasteiger partial charge in [0, 0.05) is 20.1 Å². The molecule has 4 nitrogen and oxygen atoms in total. The van der Waals surface area contributed by atoms with Gasteiger partial charge in [-0.3, -0.25) is 9.69 Å². The van der Waals surface area contributed by atoms with Crippen molar-refractivity contribution in [3.05, 3.63) is 0 Å². The third-order valence-electron chi connectivity index (χ3n) is 4.12. The van der Waals surface area contributed by atoms with Crippen LogP contribution in [0.15, 0.2) is 0 Å². The first-order valence-corrected chi connectivity index (χ1v) is 6.79. The Hall–Kier alpha value is -1.08. The molecule has 0 heterocycles. The Bertz CT molecular complexity index is 321. The van der Waals surface area contributed by atoms with Crippen molar-refractivity contribution >= 4 is 5.91 Å². The topological polar surface area (TPSA) is 47.3 Å². The van der Waals surface area contributed by atoms with Crippen LogP contribution in [-0.2, 0) is 4.79 Å². The van der Waals surface area contributed by atoms with Crippen molar-refractivity contribution in [1.29, 1.82) is 5.26 Å². The van der Waals surface area contributed by atoms with Gasteiger partial charge in [-0.1, -0.05) is 13.3 Å². The molecule has 0 N–H and O–H groups in total. The van der Waals surface area contributed by atoms with Gasteiger partial charge in [0.2, 0.25) is 5.91 Å². The van der Waals surface area contributed by atoms with Crippen molar-refractivity contribution in [2.24, 2.45) is 11.8 Å². The Kier molecular flexibility index (Phi) is 5.61. The van der Waals surface area contributed by atoms with Crippen LogP contribution >= 0.6 is 0 Å². The molecule has 0 spiro atoms. The van der Waals surface area contributed by atoms with E-state index in [0.29, 0.717) is 12.5 Å². The Balaban J connectivity index is 2.64. The predicted molar refractivity (Wildman–Crippen MR) is 71.8 cm³/mol. The van der Waals surface area contributed by atoms with Gasteiger partial charge in [0.05, 0.1) is 18.5 Å². The number of nitrogens with zero attached hydrogens (tertiary/aromatic N) is 3. The van der Waals surface area contributed by atoms with Crippen molar-refractivity contribution in [1.82, 2.24) is 9.80 Å². The van der Waals surface area contributed by atoms with E-state index in [-0.39, 0.29) is 17.9 Å². The average molecular weight is 251 g/mol. The van der Waals surface area contributed by atoms with Gasteiger partial charge in [-0.15, -0.1) is 0 Å². The first-order chi connectivity index (χ1) is 8.49. The fourth-order valence-electron chi connectivity index (χ4n) is 2.71. The highest BCUT2D eigenvalue weighted by atomic mass is 16.2. The molecule has 0 aromatic heterocycles. The number of rotatable bonds is 4. The highest BCUT2D eigenvalue weighted by molar-refractivity contribution is 5.77. The Labute approximate surface area is 111 Å². The molecule has 18 heavy (non-hydrogen) atoms. The fourth-order valence-corrected chi connectivity index (χ4v) is 2.71. The summed E-state index contributed by atoms with van der Waals surface area (Å²) in [5.74, 6) is 0.886. The lowest BCUT2D eigenvalue weighted by Crippen LogP contribution is -2.46. The highest BCUT2D eigenvalue weighted by Crippen LogP contribution is 2.33. The average Bonchev–Trinajstić information content (AvgIpc) is 2.37. The van der Waals surface area contributed by atoms with E-state index in [9.17, 15) is 10.1 Å². The molecule has 0 aliphatic heterocycles. The first kappa shape index (κ1) is 15.0. The number of nitriles is 1. The maximum atomic E-state index is 11.7. The van der Waals surface area contributed by atoms with E-state index in [4.69, 9.17) is 0 Å². The number of hydrogen-bond donors (Lipinski definition) is 0. The summed E-state index contributed by atoms with van der Waals surface area (Å²) >= 11 is 0. The van der Waals surface area contributed by atoms with Crippen LogP contribution in [0.25, 0.3) is 0 Å². The van der Waals surface area contributed by atoms with E-state index < -0.39 is 0 Å². The van der Waals surface area contributed by atoms with Gasteiger partial charge in [-0.2, -0.15) is 5.26 Å². The molecule has 0 saturated heterocycles. The largest absolute Gasteiger partial charge is 0.348 e. The summed E-state index contributed by atoms with van der Waals surface area (Å²) < 4.78 is 0. The second-order valence-electron chi connectivity index (χ2n) is 5.59. The number of amides is 1. The third kappa shape index (κ3) is 3.71. The molecule has 1 aliphatic rings. The van der Waals surface area contributed by atoms with E-state index >= 15 is 0 Å². The van der Waals surface area contributed by atoms with Crippen molar-refractivity contribution in [2.45, 2.75) is 38.6 Å². The molecule has 1 rings (SSSR count). The zero-order valence-electron chi connectivity index (χ0n) is 12.0. The van der Waals surface area contributed by atoms with E-state index in [0.717, 1.165) is 19.3 Å². The monoisotopic (exact) mass is 251 g/mol. The second kappa shape index (κ2) is 6.75. The predicted octanol–water partition coefficient (Wildman–Crippen LogP) is 1.72. The number of hydrogen-bond acceptors (Lipinski definition) is 3. The molecule has 1 saturated carbocycles. The molecule has 0 radical (unpaired) electrons. The van der Waals surface area contributed by atoms with Gasteiger partial charge in [0.25, 0.3) is 0 Å². The number of carbonyl (C=O) groups is 1. The fraction of sp³-hybridized carbons (Fsp3) is 0.857. The molecular weight excluding hydrogens is 226 g/mol. The van der Waals surface area contributed by atoms with E-state index in [1.54, 1.807) is 19.0 Å². The quantitative estimate of drug-likeness (QED) is 0.764. The van der Waals surface area contributed by atoms with Gasteiger partial charge in [-0.25, -0.2) is 0 Å². The summed E-state index contributed by atoms with van der Waals surface area (Å²) in [4.78, 5) is 15.4. The van der Waals surface area contributed by atoms with E-state index in [1.807, 2.05) is 7.05 Å². The molecule has 3 unspecified atom stereocenters. The molecule has 0 bridgehead atoms. The van der Waals surface area contributed by atoms with Crippen molar-refractivity contribution in [3.63, 3.8) is 0 Å². The SMILES string of the molecule is CCC1CCC(C#N)C(N(C)CC(=O)N(C)C)C1. The molecule has 1 aliphatic carbocycles. The lowest BCUT2D eigenvalue weighted by molar-refractivity contribution is -0.130. The summed E-state index contributed by atoms with van der Waals surface area (Å²) in [5, 5.41) is 9.24. The second-order valence-corrected chi connectivity index (χ2v) is 5.59. The standard InChI is InChI=1S/C14H25N3O/c1-5-11-6-7-12(9-15)13(8-11)17(4)10-14(18)16(2)3/h11-13H,5-8,10H2,1-4H3. The van der Waals surface area contributed by atoms with Crippen LogP contribution < -0.4 is 0 Å². The van der Waals surface area contributed by atoms with Crippen molar-refractivity contribution in [2.75, 3.05) is 27.7 Å². The minimum atomic E-state index is 0.0766. The van der Waals surface area contributed by atoms with E-state index in [1.165, 1.54) is 6.42 Å². The van der Waals surface area contributed by atoms with E-state index in [2.05, 4.69) is 17.9 Å². The molecular formula is C14H25N3O. The summed E-state index contributed by atoms with van der Waals surface area (Å²) in [6, 6.07) is 2.65. The van der Waals surface area contributed by atoms with Crippen molar-refractivity contribution in [3.8, 4) is 6.07 Å². The van der Waals surface area contributed by atoms with Crippen LogP contribution in [0.3, 0.4) is 0 Å². The molecule has 4 heteroatoms. The third-order valence-corrected chi connectivity index (χ3v) is 4.12. The Morgan fingerprint density at radius 3 is 2.50 bits per heavy atom. The van der Waals surface area contributed by atoms with Gasteiger partial charge in [-0.05, 0) is 32.2 Å². The minimum absolute atomic E-state index is 0.0766. The van der Waals surface area contributed by atoms with Gasteiger partial charge >= 0.3 is 0 Å². The van der Waals surface area contributed by atoms with Crippen molar-refractivity contribution < 1.29 is 4.79 Å². The lowest BCUT2D eigenvalue weighted by atomic mass is 9.77. The zero-order chi connectivity index (χ0) is 13.7. The van der Waals surface area contributed by atoms with Crippen LogP contribution in [-0.4, -0.2) is 49.4 Å². The highest BCUT2D eigenvalue weighted by Gasteiger charge is 2.33. The first-order valence-electron chi connectivity index (χ1n) is 6.79. The summed E-state index contributed by atoms with van der Waals surface area (Å²) in [6.07, 6.45) is 4.34. The molecule has 102 valence electrons. The number of carbonyl (C=O) groups excluding carboxylic acids is 1. The summed E-state index contributed by atoms with van der Waals surface area (Å²) in [7, 11) is 5.51. The maximum Gasteiger partial charge on any atom is 0.236 e. The lowest BCUT2D eigenvalue weighted by Gasteiger charge is -2.38.